The van der Waals surface area contributed by atoms with E-state index in [1.54, 1.807) is 24.3 Å². The van der Waals surface area contributed by atoms with Gasteiger partial charge in [-0.05, 0) is 51.9 Å². The topological polar surface area (TPSA) is 116 Å². The van der Waals surface area contributed by atoms with Crippen LogP contribution in [0.15, 0.2) is 46.8 Å². The van der Waals surface area contributed by atoms with Gasteiger partial charge in [0, 0.05) is 28.6 Å². The first-order chi connectivity index (χ1) is 16.2. The van der Waals surface area contributed by atoms with Crippen LogP contribution in [0.3, 0.4) is 0 Å². The zero-order chi connectivity index (χ0) is 25.3. The standard InChI is InChI=1S/C15H14O3.C10H18ClN3O2/c1-9(2)7-8-12-13(16)10-5-3-4-6-11(10)14(17)15(12)18;1-8-2-4-9(5-3-8)12-10(15)14(13-16)7-6-11/h3-7,16H,8H2,1-2H3;8-9H,2-7H2,1H3,(H,12,15). The highest BCUT2D eigenvalue weighted by Gasteiger charge is 2.31. The second kappa shape index (κ2) is 13.0. The predicted molar refractivity (Wildman–Crippen MR) is 133 cm³/mol. The minimum atomic E-state index is -0.608. The Morgan fingerprint density at radius 3 is 2.32 bits per heavy atom. The van der Waals surface area contributed by atoms with Gasteiger partial charge >= 0.3 is 6.03 Å². The molecule has 0 saturated heterocycles. The summed E-state index contributed by atoms with van der Waals surface area (Å²) in [6.07, 6.45) is 6.29. The van der Waals surface area contributed by atoms with Crippen molar-refractivity contribution in [1.29, 1.82) is 0 Å². The molecule has 1 fully saturated rings. The molecule has 34 heavy (non-hydrogen) atoms. The summed E-state index contributed by atoms with van der Waals surface area (Å²) in [5, 5.41) is 16.4. The molecular weight excluding hydrogens is 458 g/mol. The fraction of sp³-hybridized carbons (Fsp3) is 0.480. The van der Waals surface area contributed by atoms with Crippen molar-refractivity contribution in [2.45, 2.75) is 58.9 Å². The van der Waals surface area contributed by atoms with Gasteiger partial charge < -0.3 is 10.4 Å². The number of carbonyl (C=O) groups is 3. The highest BCUT2D eigenvalue weighted by molar-refractivity contribution is 6.52. The number of aliphatic hydroxyl groups excluding tert-OH is 1. The number of rotatable bonds is 6. The second-order valence-electron chi connectivity index (χ2n) is 8.82. The maximum atomic E-state index is 11.9. The number of allylic oxidation sites excluding steroid dienone is 3. The Morgan fingerprint density at radius 1 is 1.15 bits per heavy atom. The molecule has 1 aromatic rings. The van der Waals surface area contributed by atoms with E-state index in [9.17, 15) is 24.4 Å². The van der Waals surface area contributed by atoms with Crippen molar-refractivity contribution < 1.29 is 19.5 Å². The number of nitrogens with one attached hydrogen (secondary N) is 1. The van der Waals surface area contributed by atoms with Crippen LogP contribution >= 0.6 is 11.6 Å². The van der Waals surface area contributed by atoms with Gasteiger partial charge in [0.05, 0.1) is 11.8 Å². The largest absolute Gasteiger partial charge is 0.507 e. The van der Waals surface area contributed by atoms with Gasteiger partial charge in [0.25, 0.3) is 0 Å². The molecule has 0 atom stereocenters. The minimum absolute atomic E-state index is 0.0762. The molecule has 2 aliphatic carbocycles. The molecule has 0 unspecified atom stereocenters. The van der Waals surface area contributed by atoms with Crippen LogP contribution in [-0.2, 0) is 4.79 Å². The lowest BCUT2D eigenvalue weighted by molar-refractivity contribution is -0.112. The van der Waals surface area contributed by atoms with E-state index < -0.39 is 17.6 Å². The summed E-state index contributed by atoms with van der Waals surface area (Å²) in [5.74, 6) is -0.283. The molecule has 1 saturated carbocycles. The van der Waals surface area contributed by atoms with Crippen LogP contribution in [0.4, 0.5) is 4.79 Å². The highest BCUT2D eigenvalue weighted by Crippen LogP contribution is 2.29. The normalized spacial score (nSPS) is 19.4. The fourth-order valence-corrected chi connectivity index (χ4v) is 3.99. The second-order valence-corrected chi connectivity index (χ2v) is 9.19. The summed E-state index contributed by atoms with van der Waals surface area (Å²) < 4.78 is 0. The van der Waals surface area contributed by atoms with Gasteiger partial charge in [-0.15, -0.1) is 16.5 Å². The minimum Gasteiger partial charge on any atom is -0.507 e. The zero-order valence-electron chi connectivity index (χ0n) is 19.8. The van der Waals surface area contributed by atoms with Crippen molar-refractivity contribution in [2.75, 3.05) is 12.4 Å². The molecule has 9 heteroatoms. The zero-order valence-corrected chi connectivity index (χ0v) is 20.6. The predicted octanol–water partition coefficient (Wildman–Crippen LogP) is 5.57. The molecule has 0 radical (unpaired) electrons. The van der Waals surface area contributed by atoms with Crippen molar-refractivity contribution in [3.05, 3.63) is 57.5 Å². The number of hydrogen-bond acceptors (Lipinski definition) is 6. The number of carbonyl (C=O) groups excluding carboxylic acids is 3. The molecule has 1 aromatic carbocycles. The lowest BCUT2D eigenvalue weighted by Crippen LogP contribution is -2.44. The summed E-state index contributed by atoms with van der Waals surface area (Å²) in [6.45, 7) is 6.17. The van der Waals surface area contributed by atoms with Crippen LogP contribution in [0.25, 0.3) is 5.76 Å². The number of hydrogen-bond donors (Lipinski definition) is 2. The molecule has 0 aliphatic heterocycles. The quantitative estimate of drug-likeness (QED) is 0.178. The van der Waals surface area contributed by atoms with Crippen LogP contribution in [0.5, 0.6) is 0 Å². The first-order valence-corrected chi connectivity index (χ1v) is 11.9. The third-order valence-corrected chi connectivity index (χ3v) is 6.05. The molecule has 3 rings (SSSR count). The van der Waals surface area contributed by atoms with Crippen molar-refractivity contribution in [3.8, 4) is 0 Å². The lowest BCUT2D eigenvalue weighted by Gasteiger charge is -2.27. The average Bonchev–Trinajstić information content (AvgIpc) is 2.82. The number of benzene rings is 1. The summed E-state index contributed by atoms with van der Waals surface area (Å²) in [5.41, 5.74) is 1.94. The Kier molecular flexibility index (Phi) is 10.4. The first-order valence-electron chi connectivity index (χ1n) is 11.4. The SMILES string of the molecule is CC(C)=CCC1=C(O)c2ccccc2C(=O)C1=O.CC1CCC(NC(=O)N(CCCl)N=O)CC1. The number of Topliss-reactive ketones (excluding diaryl/α,β-unsaturated/α-hetero) is 2. The maximum Gasteiger partial charge on any atom is 0.340 e. The third kappa shape index (κ3) is 7.25. The van der Waals surface area contributed by atoms with Crippen LogP contribution < -0.4 is 5.32 Å². The molecule has 0 bridgehead atoms. The Morgan fingerprint density at radius 2 is 1.76 bits per heavy atom. The molecule has 0 heterocycles. The smallest absolute Gasteiger partial charge is 0.340 e. The Labute approximate surface area is 205 Å². The number of halogens is 1. The van der Waals surface area contributed by atoms with Gasteiger partial charge in [0.1, 0.15) is 5.76 Å². The molecule has 0 spiro atoms. The molecule has 0 aromatic heterocycles. The Hall–Kier alpha value is -3.00. The number of ketones is 2. The summed E-state index contributed by atoms with van der Waals surface area (Å²) in [6, 6.07) is 6.36. The monoisotopic (exact) mass is 489 g/mol. The van der Waals surface area contributed by atoms with Gasteiger partial charge in [0.15, 0.2) is 0 Å². The van der Waals surface area contributed by atoms with Crippen LogP contribution in [-0.4, -0.2) is 46.2 Å². The van der Waals surface area contributed by atoms with Gasteiger partial charge in [-0.1, -0.05) is 42.8 Å². The summed E-state index contributed by atoms with van der Waals surface area (Å²) in [4.78, 5) is 45.8. The highest BCUT2D eigenvalue weighted by atomic mass is 35.5. The van der Waals surface area contributed by atoms with E-state index in [1.807, 2.05) is 19.9 Å². The first kappa shape index (κ1) is 27.2. The van der Waals surface area contributed by atoms with Crippen molar-refractivity contribution in [1.82, 2.24) is 10.3 Å². The molecule has 184 valence electrons. The number of nitrogens with zero attached hydrogens (tertiary/aromatic N) is 2. The van der Waals surface area contributed by atoms with E-state index in [4.69, 9.17) is 11.6 Å². The van der Waals surface area contributed by atoms with E-state index in [2.05, 4.69) is 17.5 Å². The average molecular weight is 490 g/mol. The van der Waals surface area contributed by atoms with Gasteiger partial charge in [0.2, 0.25) is 11.6 Å². The Bertz CT molecular complexity index is 977. The van der Waals surface area contributed by atoms with Crippen molar-refractivity contribution in [2.24, 2.45) is 11.2 Å². The van der Waals surface area contributed by atoms with Crippen molar-refractivity contribution in [3.63, 3.8) is 0 Å². The number of amides is 2. The fourth-order valence-electron chi connectivity index (χ4n) is 3.83. The van der Waals surface area contributed by atoms with E-state index in [0.29, 0.717) is 5.56 Å². The van der Waals surface area contributed by atoms with E-state index >= 15 is 0 Å². The van der Waals surface area contributed by atoms with Crippen LogP contribution in [0.2, 0.25) is 0 Å². The van der Waals surface area contributed by atoms with Gasteiger partial charge in [-0.3, -0.25) is 9.59 Å². The number of fused-ring (bicyclic) bond motifs is 1. The maximum absolute atomic E-state index is 11.9. The Balaban J connectivity index is 0.000000242. The van der Waals surface area contributed by atoms with E-state index in [1.165, 1.54) is 0 Å². The molecule has 8 nitrogen and oxygen atoms in total. The molecular formula is C25H32ClN3O5. The summed E-state index contributed by atoms with van der Waals surface area (Å²) in [7, 11) is 0. The molecule has 2 N–H and O–H groups in total. The number of alkyl halides is 1. The van der Waals surface area contributed by atoms with Crippen LogP contribution in [0.1, 0.15) is 68.8 Å². The van der Waals surface area contributed by atoms with E-state index in [-0.39, 0.29) is 41.8 Å². The van der Waals surface area contributed by atoms with E-state index in [0.717, 1.165) is 42.2 Å². The number of nitroso groups, excluding NO2 is 1. The summed E-state index contributed by atoms with van der Waals surface area (Å²) >= 11 is 5.46. The lowest BCUT2D eigenvalue weighted by atomic mass is 9.87. The van der Waals surface area contributed by atoms with Crippen molar-refractivity contribution >= 4 is 35.0 Å². The number of urea groups is 1. The van der Waals surface area contributed by atoms with Gasteiger partial charge in [-0.2, -0.15) is 5.01 Å². The molecule has 2 aliphatic rings. The molecule has 2 amide bonds. The van der Waals surface area contributed by atoms with Crippen LogP contribution in [0, 0.1) is 10.8 Å². The third-order valence-electron chi connectivity index (χ3n) is 5.88. The van der Waals surface area contributed by atoms with Gasteiger partial charge in [-0.25, -0.2) is 4.79 Å². The number of aliphatic hydroxyl groups is 1.